The quantitative estimate of drug-likeness (QED) is 0.747. The number of anilines is 2. The summed E-state index contributed by atoms with van der Waals surface area (Å²) in [6.45, 7) is 0.415. The van der Waals surface area contributed by atoms with Crippen molar-refractivity contribution >= 4 is 11.4 Å². The third-order valence-electron chi connectivity index (χ3n) is 2.52. The predicted octanol–water partition coefficient (Wildman–Crippen LogP) is 1.81. The first-order chi connectivity index (χ1) is 8.27. The minimum Gasteiger partial charge on any atom is -0.396 e. The average Bonchev–Trinajstić information content (AvgIpc) is 2.38. The number of nitrogens with one attached hydrogen (secondary N) is 1. The van der Waals surface area contributed by atoms with Crippen LogP contribution in [0.4, 0.5) is 11.4 Å². The molecule has 0 aliphatic carbocycles. The lowest BCUT2D eigenvalue weighted by Gasteiger charge is -2.14. The van der Waals surface area contributed by atoms with Crippen molar-refractivity contribution < 1.29 is 5.11 Å². The number of rotatable bonds is 4. The Labute approximate surface area is 100 Å². The molecule has 1 atom stereocenters. The summed E-state index contributed by atoms with van der Waals surface area (Å²) in [5.41, 5.74) is 7.98. The number of aliphatic hydroxyl groups excluding tert-OH is 1. The second-order valence-electron chi connectivity index (χ2n) is 3.77. The molecule has 0 aliphatic rings. The number of hydrogen-bond acceptors (Lipinski definition) is 4. The van der Waals surface area contributed by atoms with Crippen molar-refractivity contribution in [2.24, 2.45) is 0 Å². The molecule has 0 unspecified atom stereocenters. The molecule has 17 heavy (non-hydrogen) atoms. The van der Waals surface area contributed by atoms with Crippen LogP contribution < -0.4 is 11.1 Å². The molecule has 0 saturated heterocycles. The van der Waals surface area contributed by atoms with Crippen molar-refractivity contribution in [2.45, 2.75) is 6.10 Å². The van der Waals surface area contributed by atoms with Gasteiger partial charge in [-0.1, -0.05) is 30.3 Å². The highest BCUT2D eigenvalue weighted by Crippen LogP contribution is 2.18. The van der Waals surface area contributed by atoms with Crippen molar-refractivity contribution in [1.29, 1.82) is 0 Å². The van der Waals surface area contributed by atoms with Crippen molar-refractivity contribution in [1.82, 2.24) is 4.98 Å². The lowest BCUT2D eigenvalue weighted by Crippen LogP contribution is -2.13. The molecule has 1 aromatic heterocycles. The van der Waals surface area contributed by atoms with E-state index in [0.717, 1.165) is 11.3 Å². The molecule has 0 fully saturated rings. The van der Waals surface area contributed by atoms with Gasteiger partial charge in [-0.25, -0.2) is 0 Å². The van der Waals surface area contributed by atoms with Crippen LogP contribution in [0, 0.1) is 0 Å². The molecule has 0 aliphatic heterocycles. The fraction of sp³-hybridized carbons (Fsp3) is 0.154. The van der Waals surface area contributed by atoms with E-state index in [2.05, 4.69) is 10.3 Å². The third kappa shape index (κ3) is 2.95. The molecule has 4 heteroatoms. The number of nitrogens with two attached hydrogens (primary N) is 1. The summed E-state index contributed by atoms with van der Waals surface area (Å²) in [5.74, 6) is 0. The van der Waals surface area contributed by atoms with E-state index in [1.54, 1.807) is 18.5 Å². The Kier molecular flexibility index (Phi) is 3.57. The second-order valence-corrected chi connectivity index (χ2v) is 3.77. The molecule has 1 heterocycles. The Morgan fingerprint density at radius 3 is 2.71 bits per heavy atom. The molecule has 0 amide bonds. The zero-order valence-corrected chi connectivity index (χ0v) is 9.38. The fourth-order valence-electron chi connectivity index (χ4n) is 1.57. The standard InChI is InChI=1S/C13H15N3O/c14-11-8-15-7-6-12(11)16-9-13(17)10-4-2-1-3-5-10/h1-8,13,17H,9,14H2,(H,15,16)/t13-/m0/s1. The predicted molar refractivity (Wildman–Crippen MR) is 68.5 cm³/mol. The van der Waals surface area contributed by atoms with Crippen LogP contribution in [0.3, 0.4) is 0 Å². The first kappa shape index (κ1) is 11.4. The number of nitrogen functional groups attached to an aromatic ring is 1. The van der Waals surface area contributed by atoms with E-state index in [0.29, 0.717) is 12.2 Å². The van der Waals surface area contributed by atoms with Gasteiger partial charge >= 0.3 is 0 Å². The number of aromatic nitrogens is 1. The van der Waals surface area contributed by atoms with Gasteiger partial charge in [-0.2, -0.15) is 0 Å². The lowest BCUT2D eigenvalue weighted by molar-refractivity contribution is 0.191. The maximum atomic E-state index is 9.95. The van der Waals surface area contributed by atoms with E-state index in [4.69, 9.17) is 5.73 Å². The molecule has 0 radical (unpaired) electrons. The SMILES string of the molecule is Nc1cnccc1NC[C@H](O)c1ccccc1. The topological polar surface area (TPSA) is 71.2 Å². The number of nitrogens with zero attached hydrogens (tertiary/aromatic N) is 1. The summed E-state index contributed by atoms with van der Waals surface area (Å²) in [5, 5.41) is 13.0. The first-order valence-corrected chi connectivity index (χ1v) is 5.44. The van der Waals surface area contributed by atoms with Gasteiger partial charge < -0.3 is 16.2 Å². The van der Waals surface area contributed by atoms with Gasteiger partial charge in [0.1, 0.15) is 0 Å². The van der Waals surface area contributed by atoms with E-state index in [-0.39, 0.29) is 0 Å². The van der Waals surface area contributed by atoms with Crippen LogP contribution in [0.1, 0.15) is 11.7 Å². The summed E-state index contributed by atoms with van der Waals surface area (Å²) in [6.07, 6.45) is 2.69. The van der Waals surface area contributed by atoms with Gasteiger partial charge in [-0.15, -0.1) is 0 Å². The van der Waals surface area contributed by atoms with E-state index < -0.39 is 6.10 Å². The molecule has 88 valence electrons. The first-order valence-electron chi connectivity index (χ1n) is 5.44. The van der Waals surface area contributed by atoms with Crippen molar-refractivity contribution in [3.63, 3.8) is 0 Å². The Hall–Kier alpha value is -2.07. The van der Waals surface area contributed by atoms with Crippen molar-refractivity contribution in [3.8, 4) is 0 Å². The molecule has 0 saturated carbocycles. The molecule has 4 N–H and O–H groups in total. The van der Waals surface area contributed by atoms with Crippen LogP contribution in [0.25, 0.3) is 0 Å². The van der Waals surface area contributed by atoms with E-state index >= 15 is 0 Å². The van der Waals surface area contributed by atoms with Crippen LogP contribution in [0.2, 0.25) is 0 Å². The van der Waals surface area contributed by atoms with Gasteiger partial charge in [0.15, 0.2) is 0 Å². The number of benzene rings is 1. The largest absolute Gasteiger partial charge is 0.396 e. The average molecular weight is 229 g/mol. The molecule has 0 spiro atoms. The highest BCUT2D eigenvalue weighted by Gasteiger charge is 2.07. The Morgan fingerprint density at radius 2 is 2.00 bits per heavy atom. The van der Waals surface area contributed by atoms with Gasteiger partial charge in [-0.3, -0.25) is 4.98 Å². The number of pyridine rings is 1. The smallest absolute Gasteiger partial charge is 0.0962 e. The van der Waals surface area contributed by atoms with Crippen LogP contribution in [-0.2, 0) is 0 Å². The van der Waals surface area contributed by atoms with Gasteiger partial charge in [0.05, 0.1) is 23.7 Å². The summed E-state index contributed by atoms with van der Waals surface area (Å²) in [4.78, 5) is 3.90. The molecular weight excluding hydrogens is 214 g/mol. The van der Waals surface area contributed by atoms with Crippen LogP contribution in [0.5, 0.6) is 0 Å². The Balaban J connectivity index is 1.97. The minimum absolute atomic E-state index is 0.415. The normalized spacial score (nSPS) is 12.1. The van der Waals surface area contributed by atoms with Gasteiger partial charge in [0.2, 0.25) is 0 Å². The highest BCUT2D eigenvalue weighted by molar-refractivity contribution is 5.64. The monoisotopic (exact) mass is 229 g/mol. The summed E-state index contributed by atoms with van der Waals surface area (Å²) >= 11 is 0. The summed E-state index contributed by atoms with van der Waals surface area (Å²) in [7, 11) is 0. The number of hydrogen-bond donors (Lipinski definition) is 3. The zero-order chi connectivity index (χ0) is 12.1. The molecule has 4 nitrogen and oxygen atoms in total. The molecule has 2 rings (SSSR count). The van der Waals surface area contributed by atoms with Crippen molar-refractivity contribution in [2.75, 3.05) is 17.6 Å². The Morgan fingerprint density at radius 1 is 1.24 bits per heavy atom. The molecule has 1 aromatic carbocycles. The van der Waals surface area contributed by atoms with Gasteiger partial charge in [0.25, 0.3) is 0 Å². The van der Waals surface area contributed by atoms with Crippen molar-refractivity contribution in [3.05, 3.63) is 54.4 Å². The fourth-order valence-corrected chi connectivity index (χ4v) is 1.57. The summed E-state index contributed by atoms with van der Waals surface area (Å²) < 4.78 is 0. The lowest BCUT2D eigenvalue weighted by atomic mass is 10.1. The molecule has 0 bridgehead atoms. The summed E-state index contributed by atoms with van der Waals surface area (Å²) in [6, 6.07) is 11.3. The van der Waals surface area contributed by atoms with E-state index in [1.165, 1.54) is 0 Å². The Bertz CT molecular complexity index is 473. The van der Waals surface area contributed by atoms with E-state index in [9.17, 15) is 5.11 Å². The van der Waals surface area contributed by atoms with Gasteiger partial charge in [0, 0.05) is 12.7 Å². The van der Waals surface area contributed by atoms with Gasteiger partial charge in [-0.05, 0) is 11.6 Å². The van der Waals surface area contributed by atoms with E-state index in [1.807, 2.05) is 30.3 Å². The molecular formula is C13H15N3O. The zero-order valence-electron chi connectivity index (χ0n) is 9.38. The number of aliphatic hydroxyl groups is 1. The highest BCUT2D eigenvalue weighted by atomic mass is 16.3. The molecule has 2 aromatic rings. The maximum Gasteiger partial charge on any atom is 0.0962 e. The minimum atomic E-state index is -0.552. The van der Waals surface area contributed by atoms with Crippen LogP contribution in [-0.4, -0.2) is 16.6 Å². The maximum absolute atomic E-state index is 9.95. The third-order valence-corrected chi connectivity index (χ3v) is 2.52. The van der Waals surface area contributed by atoms with Crippen LogP contribution in [0.15, 0.2) is 48.8 Å². The van der Waals surface area contributed by atoms with Crippen LogP contribution >= 0.6 is 0 Å². The second kappa shape index (κ2) is 5.32.